The molecule has 0 N–H and O–H groups in total. The van der Waals surface area contributed by atoms with Gasteiger partial charge in [-0.1, -0.05) is 47.7 Å². The van der Waals surface area contributed by atoms with Crippen LogP contribution in [0.5, 0.6) is 0 Å². The maximum atomic E-state index is 13.4. The zero-order chi connectivity index (χ0) is 21.9. The molecule has 0 radical (unpaired) electrons. The third kappa shape index (κ3) is 4.21. The molecule has 0 saturated heterocycles. The molecular formula is C22H21N3O4S. The van der Waals surface area contributed by atoms with Gasteiger partial charge in [0.1, 0.15) is 5.69 Å². The van der Waals surface area contributed by atoms with Gasteiger partial charge in [0, 0.05) is 25.9 Å². The zero-order valence-corrected chi connectivity index (χ0v) is 17.7. The molecule has 0 unspecified atom stereocenters. The summed E-state index contributed by atoms with van der Waals surface area (Å²) in [5.74, 6) is 5.73. The fourth-order valence-corrected chi connectivity index (χ4v) is 4.19. The van der Waals surface area contributed by atoms with Gasteiger partial charge < -0.3 is 4.57 Å². The van der Waals surface area contributed by atoms with Gasteiger partial charge in [0.05, 0.1) is 11.4 Å². The Bertz CT molecular complexity index is 1340. The summed E-state index contributed by atoms with van der Waals surface area (Å²) in [5.41, 5.74) is 0.213. The minimum absolute atomic E-state index is 0.0329. The van der Waals surface area contributed by atoms with Crippen LogP contribution in [-0.2, 0) is 24.1 Å². The third-order valence-electron chi connectivity index (χ3n) is 4.54. The van der Waals surface area contributed by atoms with Crippen molar-refractivity contribution in [2.24, 2.45) is 14.1 Å². The number of aromatic nitrogens is 2. The van der Waals surface area contributed by atoms with E-state index in [4.69, 9.17) is 0 Å². The van der Waals surface area contributed by atoms with Crippen LogP contribution in [0.15, 0.2) is 75.3 Å². The average Bonchev–Trinajstić information content (AvgIpc) is 2.73. The van der Waals surface area contributed by atoms with Gasteiger partial charge in [-0.05, 0) is 31.2 Å². The van der Waals surface area contributed by atoms with E-state index < -0.39 is 21.3 Å². The molecule has 30 heavy (non-hydrogen) atoms. The second-order valence-corrected chi connectivity index (χ2v) is 8.63. The lowest BCUT2D eigenvalue weighted by atomic mass is 10.2. The van der Waals surface area contributed by atoms with E-state index in [1.165, 1.54) is 37.0 Å². The number of sulfonamides is 1. The maximum Gasteiger partial charge on any atom is 0.330 e. The van der Waals surface area contributed by atoms with E-state index in [9.17, 15) is 18.0 Å². The van der Waals surface area contributed by atoms with Gasteiger partial charge in [0.2, 0.25) is 0 Å². The van der Waals surface area contributed by atoms with Crippen LogP contribution in [0.2, 0.25) is 0 Å². The largest absolute Gasteiger partial charge is 0.330 e. The second-order valence-electron chi connectivity index (χ2n) is 6.76. The van der Waals surface area contributed by atoms with E-state index in [2.05, 4.69) is 11.8 Å². The summed E-state index contributed by atoms with van der Waals surface area (Å²) in [7, 11) is -1.33. The normalized spacial score (nSPS) is 10.9. The van der Waals surface area contributed by atoms with Crippen LogP contribution in [-0.4, -0.2) is 24.1 Å². The molecular weight excluding hydrogens is 402 g/mol. The van der Waals surface area contributed by atoms with Gasteiger partial charge in [-0.2, -0.15) is 0 Å². The molecule has 0 spiro atoms. The topological polar surface area (TPSA) is 81.4 Å². The van der Waals surface area contributed by atoms with Gasteiger partial charge in [-0.15, -0.1) is 0 Å². The second kappa shape index (κ2) is 8.43. The number of aryl methyl sites for hydroxylation is 2. The monoisotopic (exact) mass is 423 g/mol. The quantitative estimate of drug-likeness (QED) is 0.598. The van der Waals surface area contributed by atoms with E-state index >= 15 is 0 Å². The first kappa shape index (κ1) is 21.1. The standard InChI is InChI=1S/C22H21N3O4S/c1-17-11-13-19(14-12-17)30(28,29)25(15-7-10-18-8-5-4-6-9-18)20-16-23(2)22(27)24(3)21(20)26/h4-6,8-9,11-14,16H,15H2,1-3H3. The summed E-state index contributed by atoms with van der Waals surface area (Å²) in [6.45, 7) is 1.60. The van der Waals surface area contributed by atoms with Crippen LogP contribution < -0.4 is 15.6 Å². The minimum atomic E-state index is -4.09. The van der Waals surface area contributed by atoms with E-state index in [1.807, 2.05) is 25.1 Å². The molecule has 1 heterocycles. The molecule has 3 rings (SSSR count). The molecule has 0 bridgehead atoms. The van der Waals surface area contributed by atoms with E-state index in [0.29, 0.717) is 0 Å². The molecule has 3 aromatic rings. The third-order valence-corrected chi connectivity index (χ3v) is 6.31. The van der Waals surface area contributed by atoms with Crippen molar-refractivity contribution >= 4 is 15.7 Å². The first-order valence-corrected chi connectivity index (χ1v) is 10.6. The van der Waals surface area contributed by atoms with E-state index in [0.717, 1.165) is 20.0 Å². The van der Waals surface area contributed by atoms with Crippen molar-refractivity contribution in [1.82, 2.24) is 9.13 Å². The molecule has 154 valence electrons. The Morgan fingerprint density at radius 3 is 2.23 bits per heavy atom. The predicted molar refractivity (Wildman–Crippen MR) is 116 cm³/mol. The molecule has 0 saturated carbocycles. The van der Waals surface area contributed by atoms with Gasteiger partial charge in [-0.3, -0.25) is 9.36 Å². The Hall–Kier alpha value is -3.57. The van der Waals surface area contributed by atoms with Crippen LogP contribution in [0.1, 0.15) is 11.1 Å². The van der Waals surface area contributed by atoms with Crippen molar-refractivity contribution in [3.05, 3.63) is 92.8 Å². The number of nitrogens with zero attached hydrogens (tertiary/aromatic N) is 3. The number of hydrogen-bond donors (Lipinski definition) is 0. The number of benzene rings is 2. The Kier molecular flexibility index (Phi) is 5.94. The van der Waals surface area contributed by atoms with Crippen molar-refractivity contribution in [2.45, 2.75) is 11.8 Å². The summed E-state index contributed by atoms with van der Waals surface area (Å²) in [5, 5.41) is 0. The molecule has 0 amide bonds. The summed E-state index contributed by atoms with van der Waals surface area (Å²) in [6, 6.07) is 15.4. The molecule has 2 aromatic carbocycles. The van der Waals surface area contributed by atoms with E-state index in [1.54, 1.807) is 24.3 Å². The SMILES string of the molecule is Cc1ccc(S(=O)(=O)N(CC#Cc2ccccc2)c2cn(C)c(=O)n(C)c2=O)cc1. The van der Waals surface area contributed by atoms with Gasteiger partial charge >= 0.3 is 5.69 Å². The molecule has 0 aliphatic rings. The number of rotatable bonds is 4. The first-order valence-electron chi connectivity index (χ1n) is 9.12. The summed E-state index contributed by atoms with van der Waals surface area (Å²) >= 11 is 0. The Labute approximate surface area is 174 Å². The van der Waals surface area contributed by atoms with Crippen LogP contribution in [0.3, 0.4) is 0 Å². The molecule has 1 aromatic heterocycles. The van der Waals surface area contributed by atoms with Crippen LogP contribution in [0, 0.1) is 18.8 Å². The smallest absolute Gasteiger partial charge is 0.301 e. The molecule has 8 heteroatoms. The van der Waals surface area contributed by atoms with Crippen molar-refractivity contribution < 1.29 is 8.42 Å². The molecule has 0 fully saturated rings. The van der Waals surface area contributed by atoms with Gasteiger partial charge in [0.15, 0.2) is 0 Å². The van der Waals surface area contributed by atoms with Crippen LogP contribution >= 0.6 is 0 Å². The lowest BCUT2D eigenvalue weighted by Crippen LogP contribution is -2.43. The first-order chi connectivity index (χ1) is 14.2. The molecule has 0 aliphatic heterocycles. The van der Waals surface area contributed by atoms with Gasteiger partial charge in [0.25, 0.3) is 15.6 Å². The summed E-state index contributed by atoms with van der Waals surface area (Å²) in [6.07, 6.45) is 1.22. The Morgan fingerprint density at radius 2 is 1.60 bits per heavy atom. The van der Waals surface area contributed by atoms with Crippen molar-refractivity contribution in [3.63, 3.8) is 0 Å². The fraction of sp³-hybridized carbons (Fsp3) is 0.182. The minimum Gasteiger partial charge on any atom is -0.301 e. The fourth-order valence-electron chi connectivity index (χ4n) is 2.83. The molecule has 0 atom stereocenters. The predicted octanol–water partition coefficient (Wildman–Crippen LogP) is 1.64. The summed E-state index contributed by atoms with van der Waals surface area (Å²) in [4.78, 5) is 24.8. The zero-order valence-electron chi connectivity index (χ0n) is 16.9. The summed E-state index contributed by atoms with van der Waals surface area (Å²) < 4.78 is 29.7. The highest BCUT2D eigenvalue weighted by atomic mass is 32.2. The maximum absolute atomic E-state index is 13.4. The number of hydrogen-bond acceptors (Lipinski definition) is 4. The molecule has 0 aliphatic carbocycles. The highest BCUT2D eigenvalue weighted by molar-refractivity contribution is 7.92. The van der Waals surface area contributed by atoms with Gasteiger partial charge in [-0.25, -0.2) is 17.5 Å². The molecule has 7 nitrogen and oxygen atoms in total. The highest BCUT2D eigenvalue weighted by Gasteiger charge is 2.27. The number of anilines is 1. The lowest BCUT2D eigenvalue weighted by Gasteiger charge is -2.22. The van der Waals surface area contributed by atoms with Crippen LogP contribution in [0.25, 0.3) is 0 Å². The lowest BCUT2D eigenvalue weighted by molar-refractivity contribution is 0.591. The van der Waals surface area contributed by atoms with Crippen molar-refractivity contribution in [1.29, 1.82) is 0 Å². The van der Waals surface area contributed by atoms with Crippen LogP contribution in [0.4, 0.5) is 5.69 Å². The van der Waals surface area contributed by atoms with Crippen molar-refractivity contribution in [3.8, 4) is 11.8 Å². The average molecular weight is 423 g/mol. The van der Waals surface area contributed by atoms with Crippen molar-refractivity contribution in [2.75, 3.05) is 10.8 Å². The van der Waals surface area contributed by atoms with E-state index in [-0.39, 0.29) is 17.1 Å². The highest BCUT2D eigenvalue weighted by Crippen LogP contribution is 2.20. The Balaban J connectivity index is 2.15. The Morgan fingerprint density at radius 1 is 0.967 bits per heavy atom.